The zero-order chi connectivity index (χ0) is 28.2. The highest BCUT2D eigenvalue weighted by molar-refractivity contribution is 5.94. The Balaban J connectivity index is 1.59. The number of likely N-dealkylation sites (tertiary alicyclic amines) is 1. The predicted octanol–water partition coefficient (Wildman–Crippen LogP) is 3.88. The fourth-order valence-electron chi connectivity index (χ4n) is 4.55. The first-order chi connectivity index (χ1) is 18.6. The molecule has 0 aliphatic carbocycles. The van der Waals surface area contributed by atoms with Gasteiger partial charge in [-0.1, -0.05) is 12.0 Å². The molecule has 1 fully saturated rings. The van der Waals surface area contributed by atoms with Crippen molar-refractivity contribution in [1.82, 2.24) is 19.8 Å². The predicted molar refractivity (Wildman–Crippen MR) is 142 cm³/mol. The molecule has 2 aromatic heterocycles. The number of rotatable bonds is 7. The van der Waals surface area contributed by atoms with E-state index in [2.05, 4.69) is 32.8 Å². The number of nitrogens with one attached hydrogen (secondary N) is 3. The summed E-state index contributed by atoms with van der Waals surface area (Å²) in [6.45, 7) is -0.117. The van der Waals surface area contributed by atoms with Crippen LogP contribution in [0.4, 0.5) is 28.9 Å². The Hall–Kier alpha value is -3.98. The zero-order valence-electron chi connectivity index (χ0n) is 21.8. The van der Waals surface area contributed by atoms with Crippen molar-refractivity contribution < 1.29 is 27.1 Å². The van der Waals surface area contributed by atoms with Gasteiger partial charge in [-0.15, -0.1) is 0 Å². The van der Waals surface area contributed by atoms with E-state index < -0.39 is 24.9 Å². The van der Waals surface area contributed by atoms with Gasteiger partial charge in [0.2, 0.25) is 0 Å². The van der Waals surface area contributed by atoms with E-state index in [9.17, 15) is 22.4 Å². The lowest BCUT2D eigenvalue weighted by atomic mass is 10.0. The SMILES string of the molecule is CNC(=O)c1cc(OC)c(NCC#Cc2cc3c(N[C@@H]4CCN(C)C[C@@H]4F)cccc3n2CC(F)(F)F)cn1. The zero-order valence-corrected chi connectivity index (χ0v) is 21.8. The molecule has 1 saturated heterocycles. The summed E-state index contributed by atoms with van der Waals surface area (Å²) in [5.74, 6) is 5.68. The van der Waals surface area contributed by atoms with Crippen molar-refractivity contribution in [3.05, 3.63) is 47.9 Å². The quantitative estimate of drug-likeness (QED) is 0.308. The van der Waals surface area contributed by atoms with Crippen molar-refractivity contribution in [2.45, 2.75) is 31.4 Å². The van der Waals surface area contributed by atoms with Crippen LogP contribution in [0.25, 0.3) is 10.9 Å². The fraction of sp³-hybridized carbons (Fsp3) is 0.407. The summed E-state index contributed by atoms with van der Waals surface area (Å²) in [7, 11) is 4.78. The molecule has 39 heavy (non-hydrogen) atoms. The minimum Gasteiger partial charge on any atom is -0.494 e. The van der Waals surface area contributed by atoms with E-state index in [-0.39, 0.29) is 23.8 Å². The lowest BCUT2D eigenvalue weighted by Crippen LogP contribution is -2.46. The van der Waals surface area contributed by atoms with Crippen molar-refractivity contribution in [3.63, 3.8) is 0 Å². The Morgan fingerprint density at radius 3 is 2.74 bits per heavy atom. The number of alkyl halides is 4. The maximum absolute atomic E-state index is 14.6. The summed E-state index contributed by atoms with van der Waals surface area (Å²) in [5, 5.41) is 9.24. The molecule has 4 rings (SSSR count). The van der Waals surface area contributed by atoms with Crippen LogP contribution in [-0.2, 0) is 6.54 Å². The number of carbonyl (C=O) groups excluding carboxylic acids is 1. The molecule has 208 valence electrons. The second-order valence-corrected chi connectivity index (χ2v) is 9.29. The third-order valence-electron chi connectivity index (χ3n) is 6.50. The Bertz CT molecular complexity index is 1390. The van der Waals surface area contributed by atoms with E-state index in [1.54, 1.807) is 24.3 Å². The monoisotopic (exact) mass is 546 g/mol. The number of benzene rings is 1. The molecule has 3 aromatic rings. The van der Waals surface area contributed by atoms with Gasteiger partial charge in [0.15, 0.2) is 0 Å². The largest absolute Gasteiger partial charge is 0.494 e. The lowest BCUT2D eigenvalue weighted by Gasteiger charge is -2.33. The number of halogens is 4. The van der Waals surface area contributed by atoms with E-state index in [1.165, 1.54) is 26.4 Å². The molecule has 1 amide bonds. The van der Waals surface area contributed by atoms with Crippen molar-refractivity contribution in [2.75, 3.05) is 51.5 Å². The van der Waals surface area contributed by atoms with Gasteiger partial charge in [-0.3, -0.25) is 4.79 Å². The van der Waals surface area contributed by atoms with Gasteiger partial charge < -0.3 is 30.2 Å². The van der Waals surface area contributed by atoms with Crippen LogP contribution in [-0.4, -0.2) is 79.6 Å². The summed E-state index contributed by atoms with van der Waals surface area (Å²) in [5.41, 5.74) is 1.75. The Morgan fingerprint density at radius 1 is 1.26 bits per heavy atom. The van der Waals surface area contributed by atoms with E-state index in [1.807, 2.05) is 11.9 Å². The van der Waals surface area contributed by atoms with E-state index >= 15 is 0 Å². The number of pyridine rings is 1. The second-order valence-electron chi connectivity index (χ2n) is 9.29. The summed E-state index contributed by atoms with van der Waals surface area (Å²) in [6, 6.07) is 7.62. The molecule has 1 aromatic carbocycles. The molecule has 0 saturated carbocycles. The average Bonchev–Trinajstić information content (AvgIpc) is 3.24. The summed E-state index contributed by atoms with van der Waals surface area (Å²) < 4.78 is 61.6. The molecule has 0 spiro atoms. The molecule has 2 atom stereocenters. The number of amides is 1. The summed E-state index contributed by atoms with van der Waals surface area (Å²) in [6.07, 6.45) is -3.56. The average molecular weight is 547 g/mol. The number of aromatic nitrogens is 2. The fourth-order valence-corrected chi connectivity index (χ4v) is 4.55. The van der Waals surface area contributed by atoms with Gasteiger partial charge in [0.25, 0.3) is 5.91 Å². The number of carbonyl (C=O) groups is 1. The minimum absolute atomic E-state index is 0.0785. The first-order valence-electron chi connectivity index (χ1n) is 12.4. The van der Waals surface area contributed by atoms with Gasteiger partial charge in [0.05, 0.1) is 42.8 Å². The van der Waals surface area contributed by atoms with Gasteiger partial charge in [0.1, 0.15) is 24.2 Å². The van der Waals surface area contributed by atoms with E-state index in [4.69, 9.17) is 4.74 Å². The standard InChI is InChI=1S/C27H30F4N6O2/c1-32-26(38)22-13-25(39-3)23(14-34-22)33-10-5-6-17-12-18-20(35-21-9-11-36(2)15-19(21)28)7-4-8-24(18)37(17)16-27(29,30)31/h4,7-8,12-14,19,21,33,35H,9-11,15-16H2,1-3H3,(H,32,38)/t19-,21+/m0/s1. The molecule has 0 unspecified atom stereocenters. The number of hydrogen-bond donors (Lipinski definition) is 3. The van der Waals surface area contributed by atoms with Crippen LogP contribution in [0, 0.1) is 11.8 Å². The maximum atomic E-state index is 14.6. The highest BCUT2D eigenvalue weighted by Gasteiger charge is 2.31. The molecule has 0 radical (unpaired) electrons. The molecule has 1 aliphatic rings. The van der Waals surface area contributed by atoms with Gasteiger partial charge in [-0.2, -0.15) is 13.2 Å². The highest BCUT2D eigenvalue weighted by Crippen LogP contribution is 2.31. The number of methoxy groups -OCH3 is 1. The molecule has 12 heteroatoms. The topological polar surface area (TPSA) is 83.5 Å². The van der Waals surface area contributed by atoms with Crippen LogP contribution >= 0.6 is 0 Å². The number of hydrogen-bond acceptors (Lipinski definition) is 6. The third kappa shape index (κ3) is 6.72. The Kier molecular flexibility index (Phi) is 8.50. The van der Waals surface area contributed by atoms with E-state index in [0.717, 1.165) is 11.1 Å². The second kappa shape index (κ2) is 11.8. The first kappa shape index (κ1) is 28.0. The van der Waals surface area contributed by atoms with Crippen LogP contribution in [0.2, 0.25) is 0 Å². The molecule has 3 N–H and O–H groups in total. The number of piperidine rings is 1. The van der Waals surface area contributed by atoms with Crippen LogP contribution in [0.15, 0.2) is 36.5 Å². The highest BCUT2D eigenvalue weighted by atomic mass is 19.4. The van der Waals surface area contributed by atoms with Gasteiger partial charge >= 0.3 is 6.18 Å². The first-order valence-corrected chi connectivity index (χ1v) is 12.4. The Morgan fingerprint density at radius 2 is 2.05 bits per heavy atom. The molecule has 8 nitrogen and oxygen atoms in total. The van der Waals surface area contributed by atoms with Crippen LogP contribution in [0.5, 0.6) is 5.75 Å². The van der Waals surface area contributed by atoms with Gasteiger partial charge in [-0.05, 0) is 37.6 Å². The van der Waals surface area contributed by atoms with Crippen LogP contribution in [0.3, 0.4) is 0 Å². The molecular formula is C27H30F4N6O2. The van der Waals surface area contributed by atoms with Crippen molar-refractivity contribution in [2.24, 2.45) is 0 Å². The van der Waals surface area contributed by atoms with Crippen molar-refractivity contribution in [3.8, 4) is 17.6 Å². The molecular weight excluding hydrogens is 516 g/mol. The summed E-state index contributed by atoms with van der Waals surface area (Å²) in [4.78, 5) is 17.8. The van der Waals surface area contributed by atoms with Gasteiger partial charge in [-0.25, -0.2) is 9.37 Å². The number of fused-ring (bicyclic) bond motifs is 1. The molecule has 0 bridgehead atoms. The molecule has 3 heterocycles. The van der Waals surface area contributed by atoms with Crippen molar-refractivity contribution in [1.29, 1.82) is 0 Å². The normalized spacial score (nSPS) is 17.8. The van der Waals surface area contributed by atoms with Crippen LogP contribution < -0.4 is 20.7 Å². The van der Waals surface area contributed by atoms with E-state index in [0.29, 0.717) is 41.0 Å². The summed E-state index contributed by atoms with van der Waals surface area (Å²) >= 11 is 0. The van der Waals surface area contributed by atoms with Gasteiger partial charge in [0, 0.05) is 37.3 Å². The Labute approximate surface area is 223 Å². The third-order valence-corrected chi connectivity index (χ3v) is 6.50. The lowest BCUT2D eigenvalue weighted by molar-refractivity contribution is -0.140. The van der Waals surface area contributed by atoms with Crippen LogP contribution in [0.1, 0.15) is 22.6 Å². The number of nitrogens with zero attached hydrogens (tertiary/aromatic N) is 3. The maximum Gasteiger partial charge on any atom is 0.406 e. The smallest absolute Gasteiger partial charge is 0.406 e. The molecule has 1 aliphatic heterocycles. The van der Waals surface area contributed by atoms with Crippen molar-refractivity contribution >= 4 is 28.2 Å². The number of anilines is 2. The minimum atomic E-state index is -4.46. The number of ether oxygens (including phenoxy) is 1.